The van der Waals surface area contributed by atoms with E-state index in [1.807, 2.05) is 6.07 Å². The van der Waals surface area contributed by atoms with E-state index in [9.17, 15) is 44.7 Å². The predicted octanol–water partition coefficient (Wildman–Crippen LogP) is 4.81. The minimum absolute atomic E-state index is 0.0239. The number of hydrogen-bond acceptors (Lipinski definition) is 4. The number of hydrogen-bond donors (Lipinski definition) is 1. The normalized spacial score (nSPS) is 15.3. The molecule has 0 atom stereocenters. The highest BCUT2D eigenvalue weighted by molar-refractivity contribution is 6.34. The first-order valence-electron chi connectivity index (χ1n) is 9.77. The van der Waals surface area contributed by atoms with Crippen molar-refractivity contribution < 1.29 is 44.7 Å². The highest BCUT2D eigenvalue weighted by Gasteiger charge is 2.64. The fraction of sp³-hybridized carbons (Fsp3) is 0.400. The Morgan fingerprint density at radius 1 is 1.17 bits per heavy atom. The van der Waals surface area contributed by atoms with E-state index in [0.29, 0.717) is 24.8 Å². The van der Waals surface area contributed by atoms with Crippen molar-refractivity contribution in [1.29, 1.82) is 5.26 Å². The molecule has 0 radical (unpaired) electrons. The number of rotatable bonds is 5. The molecule has 7 nitrogen and oxygen atoms in total. The number of benzene rings is 1. The van der Waals surface area contributed by atoms with Crippen LogP contribution in [0.3, 0.4) is 0 Å². The van der Waals surface area contributed by atoms with Crippen molar-refractivity contribution in [1.82, 2.24) is 15.1 Å². The van der Waals surface area contributed by atoms with E-state index in [-0.39, 0.29) is 21.0 Å². The third-order valence-corrected chi connectivity index (χ3v) is 5.72. The molecule has 0 unspecified atom stereocenters. The summed E-state index contributed by atoms with van der Waals surface area (Å²) in [5.74, 6) is -8.49. The average Bonchev–Trinajstić information content (AvgIpc) is 3.43. The fourth-order valence-corrected chi connectivity index (χ4v) is 3.44. The topological polar surface area (TPSA) is 91.0 Å². The zero-order chi connectivity index (χ0) is 27.4. The maximum Gasteiger partial charge on any atom is 0.459 e. The average molecular weight is 544 g/mol. The van der Waals surface area contributed by atoms with E-state index in [1.54, 1.807) is 0 Å². The van der Waals surface area contributed by atoms with Crippen LogP contribution in [-0.2, 0) is 19.1 Å². The van der Waals surface area contributed by atoms with Crippen molar-refractivity contribution in [2.24, 2.45) is 7.05 Å². The highest BCUT2D eigenvalue weighted by atomic mass is 35.5. The summed E-state index contributed by atoms with van der Waals surface area (Å²) in [6.07, 6.45) is -11.5. The lowest BCUT2D eigenvalue weighted by atomic mass is 10.1. The molecule has 1 aliphatic rings. The minimum atomic E-state index is -6.42. The van der Waals surface area contributed by atoms with E-state index in [2.05, 4.69) is 10.4 Å². The van der Waals surface area contributed by atoms with Crippen molar-refractivity contribution >= 4 is 29.1 Å². The maximum absolute atomic E-state index is 13.9. The van der Waals surface area contributed by atoms with Gasteiger partial charge in [-0.15, -0.1) is 0 Å². The molecule has 2 amide bonds. The van der Waals surface area contributed by atoms with Crippen LogP contribution in [0.2, 0.25) is 5.02 Å². The summed E-state index contributed by atoms with van der Waals surface area (Å²) < 4.78 is 107. The van der Waals surface area contributed by atoms with Gasteiger partial charge in [0.2, 0.25) is 0 Å². The Balaban J connectivity index is 2.06. The zero-order valence-electron chi connectivity index (χ0n) is 18.2. The van der Waals surface area contributed by atoms with Crippen molar-refractivity contribution in [3.8, 4) is 6.07 Å². The summed E-state index contributed by atoms with van der Waals surface area (Å²) in [6, 6.07) is 5.10. The number of nitrogens with one attached hydrogen (secondary N) is 1. The van der Waals surface area contributed by atoms with Gasteiger partial charge in [-0.25, -0.2) is 0 Å². The Kier molecular flexibility index (Phi) is 6.50. The molecular weight excluding hydrogens is 530 g/mol. The lowest BCUT2D eigenvalue weighted by molar-refractivity contribution is -0.292. The molecule has 3 rings (SSSR count). The number of amides is 2. The highest BCUT2D eigenvalue weighted by Crippen LogP contribution is 2.48. The van der Waals surface area contributed by atoms with Crippen LogP contribution in [0.5, 0.6) is 0 Å². The third kappa shape index (κ3) is 4.69. The molecule has 0 spiro atoms. The molecule has 194 valence electrons. The molecule has 1 aromatic heterocycles. The van der Waals surface area contributed by atoms with Crippen LogP contribution in [-0.4, -0.2) is 40.4 Å². The van der Waals surface area contributed by atoms with Crippen LogP contribution < -0.4 is 10.2 Å². The summed E-state index contributed by atoms with van der Waals surface area (Å²) in [7, 11) is 1.50. The van der Waals surface area contributed by atoms with Crippen LogP contribution >= 0.6 is 11.6 Å². The van der Waals surface area contributed by atoms with Gasteiger partial charge in [0, 0.05) is 19.8 Å². The fourth-order valence-electron chi connectivity index (χ4n) is 3.24. The summed E-state index contributed by atoms with van der Waals surface area (Å²) in [5.41, 5.74) is -8.44. The zero-order valence-corrected chi connectivity index (χ0v) is 18.9. The Labute approximate surface area is 202 Å². The monoisotopic (exact) mass is 543 g/mol. The molecule has 1 aliphatic carbocycles. The van der Waals surface area contributed by atoms with Gasteiger partial charge in [-0.05, 0) is 31.0 Å². The molecule has 1 heterocycles. The van der Waals surface area contributed by atoms with Gasteiger partial charge in [0.15, 0.2) is 5.69 Å². The van der Waals surface area contributed by atoms with Crippen LogP contribution in [0.15, 0.2) is 18.2 Å². The van der Waals surface area contributed by atoms with Crippen LogP contribution in [0.4, 0.5) is 40.8 Å². The van der Waals surface area contributed by atoms with E-state index < -0.39 is 52.6 Å². The Hall–Kier alpha value is -3.41. The molecule has 36 heavy (non-hydrogen) atoms. The van der Waals surface area contributed by atoms with Gasteiger partial charge in [-0.2, -0.15) is 45.5 Å². The molecular formula is C20H14ClF8N5O2. The Morgan fingerprint density at radius 2 is 1.75 bits per heavy atom. The van der Waals surface area contributed by atoms with E-state index in [0.717, 1.165) is 25.2 Å². The second kappa shape index (κ2) is 8.61. The molecule has 1 fully saturated rings. The maximum atomic E-state index is 13.9. The predicted molar refractivity (Wildman–Crippen MR) is 107 cm³/mol. The standard InChI is InChI=1S/C20H14ClF8N5O2/c1-33(9-3-4-11(21)10(7-9)15(35)31-17(8-30)5-6-17)16(36)13-12(19(24,25)26)14(32-34(13)2)18(22,23)20(27,28)29/h3-4,7H,5-6H2,1-2H3,(H,31,35). The number of aryl methyl sites for hydroxylation is 1. The van der Waals surface area contributed by atoms with Crippen molar-refractivity contribution in [2.75, 3.05) is 11.9 Å². The van der Waals surface area contributed by atoms with E-state index >= 15 is 0 Å². The van der Waals surface area contributed by atoms with Gasteiger partial charge in [0.25, 0.3) is 11.8 Å². The van der Waals surface area contributed by atoms with Crippen LogP contribution in [0.25, 0.3) is 0 Å². The summed E-state index contributed by atoms with van der Waals surface area (Å²) in [5, 5.41) is 14.1. The van der Waals surface area contributed by atoms with Gasteiger partial charge < -0.3 is 10.2 Å². The van der Waals surface area contributed by atoms with Gasteiger partial charge in [0.05, 0.1) is 16.7 Å². The molecule has 1 N–H and O–H groups in total. The Morgan fingerprint density at radius 3 is 2.22 bits per heavy atom. The smallest absolute Gasteiger partial charge is 0.334 e. The number of carbonyl (C=O) groups excluding carboxylic acids is 2. The third-order valence-electron chi connectivity index (χ3n) is 5.39. The lowest BCUT2D eigenvalue weighted by Crippen LogP contribution is -2.36. The van der Waals surface area contributed by atoms with Crippen LogP contribution in [0, 0.1) is 11.3 Å². The van der Waals surface area contributed by atoms with Crippen molar-refractivity contribution in [3.63, 3.8) is 0 Å². The number of halogens is 9. The molecule has 0 aliphatic heterocycles. The summed E-state index contributed by atoms with van der Waals surface area (Å²) >= 11 is 5.99. The SMILES string of the molecule is CN(C(=O)c1c(C(F)(F)F)c(C(F)(F)C(F)(F)F)nn1C)c1ccc(Cl)c(C(=O)NC2(C#N)CC2)c1. The summed E-state index contributed by atoms with van der Waals surface area (Å²) in [4.78, 5) is 26.0. The summed E-state index contributed by atoms with van der Waals surface area (Å²) in [6.45, 7) is 0. The molecule has 1 saturated carbocycles. The molecule has 1 aromatic carbocycles. The number of alkyl halides is 8. The van der Waals surface area contributed by atoms with Crippen molar-refractivity contribution in [3.05, 3.63) is 45.7 Å². The van der Waals surface area contributed by atoms with Gasteiger partial charge in [0.1, 0.15) is 16.8 Å². The van der Waals surface area contributed by atoms with Crippen LogP contribution in [0.1, 0.15) is 44.9 Å². The first-order chi connectivity index (χ1) is 16.4. The lowest BCUT2D eigenvalue weighted by Gasteiger charge is -2.21. The number of aromatic nitrogens is 2. The molecule has 0 saturated heterocycles. The van der Waals surface area contributed by atoms with Gasteiger partial charge in [-0.3, -0.25) is 14.3 Å². The molecule has 2 aromatic rings. The number of nitriles is 1. The Bertz CT molecular complexity index is 1270. The van der Waals surface area contributed by atoms with E-state index in [4.69, 9.17) is 16.9 Å². The largest absolute Gasteiger partial charge is 0.459 e. The second-order valence-corrected chi connectivity index (χ2v) is 8.35. The van der Waals surface area contributed by atoms with Gasteiger partial charge >= 0.3 is 18.3 Å². The van der Waals surface area contributed by atoms with E-state index in [1.165, 1.54) is 0 Å². The van der Waals surface area contributed by atoms with Crippen molar-refractivity contribution in [2.45, 2.75) is 36.7 Å². The first kappa shape index (κ1) is 27.2. The molecule has 16 heteroatoms. The second-order valence-electron chi connectivity index (χ2n) is 7.94. The quantitative estimate of drug-likeness (QED) is 0.548. The molecule has 0 bridgehead atoms. The minimum Gasteiger partial charge on any atom is -0.334 e. The number of nitrogens with zero attached hydrogens (tertiary/aromatic N) is 4. The number of carbonyl (C=O) groups is 2. The van der Waals surface area contributed by atoms with Gasteiger partial charge in [-0.1, -0.05) is 11.6 Å². The first-order valence-corrected chi connectivity index (χ1v) is 10.1. The number of anilines is 1.